The van der Waals surface area contributed by atoms with E-state index in [2.05, 4.69) is 26.6 Å². The zero-order chi connectivity index (χ0) is 15.4. The van der Waals surface area contributed by atoms with Gasteiger partial charge in [0.15, 0.2) is 0 Å². The molecule has 0 aliphatic heterocycles. The predicted molar refractivity (Wildman–Crippen MR) is 86.2 cm³/mol. The van der Waals surface area contributed by atoms with Gasteiger partial charge in [-0.3, -0.25) is 4.79 Å². The van der Waals surface area contributed by atoms with Crippen LogP contribution in [0.25, 0.3) is 0 Å². The normalized spacial score (nSPS) is 9.95. The van der Waals surface area contributed by atoms with Gasteiger partial charge in [0.05, 0.1) is 0 Å². The number of primary amides is 1. The highest BCUT2D eigenvalue weighted by Gasteiger charge is 2.08. The number of carbonyl (C=O) groups excluding carboxylic acids is 2. The first-order valence-electron chi connectivity index (χ1n) is 5.98. The first kappa shape index (κ1) is 14.9. The molecule has 0 radical (unpaired) electrons. The van der Waals surface area contributed by atoms with Crippen LogP contribution in [0.1, 0.15) is 10.4 Å². The molecule has 0 heterocycles. The van der Waals surface area contributed by atoms with Crippen molar-refractivity contribution in [3.05, 3.63) is 52.5 Å². The summed E-state index contributed by atoms with van der Waals surface area (Å²) in [4.78, 5) is 22.8. The van der Waals surface area contributed by atoms with Gasteiger partial charge in [0.25, 0.3) is 5.91 Å². The Hall–Kier alpha value is -2.54. The summed E-state index contributed by atoms with van der Waals surface area (Å²) in [7, 11) is 0. The quantitative estimate of drug-likeness (QED) is 0.640. The molecule has 2 aromatic carbocycles. The number of carbonyl (C=O) groups is 2. The number of nitrogens with one attached hydrogen (secondary N) is 2. The van der Waals surface area contributed by atoms with Crippen LogP contribution in [0.3, 0.4) is 0 Å². The number of nitrogens with two attached hydrogens (primary N) is 2. The zero-order valence-corrected chi connectivity index (χ0v) is 12.5. The van der Waals surface area contributed by atoms with E-state index in [0.717, 1.165) is 4.47 Å². The average Bonchev–Trinajstić information content (AvgIpc) is 2.39. The number of hydrogen-bond donors (Lipinski definition) is 4. The Morgan fingerprint density at radius 2 is 1.52 bits per heavy atom. The van der Waals surface area contributed by atoms with Crippen molar-refractivity contribution < 1.29 is 9.59 Å². The monoisotopic (exact) mass is 348 g/mol. The van der Waals surface area contributed by atoms with Crippen molar-refractivity contribution >= 4 is 44.9 Å². The molecule has 6 N–H and O–H groups in total. The molecule has 108 valence electrons. The van der Waals surface area contributed by atoms with E-state index < -0.39 is 6.03 Å². The Morgan fingerprint density at radius 3 is 2.05 bits per heavy atom. The zero-order valence-electron chi connectivity index (χ0n) is 10.9. The van der Waals surface area contributed by atoms with Crippen molar-refractivity contribution in [2.45, 2.75) is 0 Å². The van der Waals surface area contributed by atoms with Crippen molar-refractivity contribution in [3.63, 3.8) is 0 Å². The van der Waals surface area contributed by atoms with Gasteiger partial charge < -0.3 is 22.1 Å². The maximum absolute atomic E-state index is 12.1. The maximum Gasteiger partial charge on any atom is 0.316 e. The lowest BCUT2D eigenvalue weighted by Crippen LogP contribution is -2.19. The Balaban J connectivity index is 2.10. The fourth-order valence-corrected chi connectivity index (χ4v) is 2.24. The second-order valence-corrected chi connectivity index (χ2v) is 5.21. The summed E-state index contributed by atoms with van der Waals surface area (Å²) in [6, 6.07) is 10.9. The van der Waals surface area contributed by atoms with Gasteiger partial charge in [0.2, 0.25) is 0 Å². The minimum atomic E-state index is -0.642. The van der Waals surface area contributed by atoms with Gasteiger partial charge in [-0.25, -0.2) is 4.79 Å². The molecule has 0 aromatic heterocycles. The molecule has 0 unspecified atom stereocenters. The molecule has 3 amide bonds. The SMILES string of the molecule is NC(=O)Nc1ccc(NC(=O)c2cc(N)cc(Br)c2)cc1. The van der Waals surface area contributed by atoms with Crippen molar-refractivity contribution in [1.29, 1.82) is 0 Å². The largest absolute Gasteiger partial charge is 0.399 e. The highest BCUT2D eigenvalue weighted by Crippen LogP contribution is 2.19. The summed E-state index contributed by atoms with van der Waals surface area (Å²) in [6.45, 7) is 0. The van der Waals surface area contributed by atoms with Gasteiger partial charge in [0.1, 0.15) is 0 Å². The molecule has 2 aromatic rings. The fraction of sp³-hybridized carbons (Fsp3) is 0. The molecule has 0 spiro atoms. The summed E-state index contributed by atoms with van der Waals surface area (Å²) in [5, 5.41) is 5.17. The van der Waals surface area contributed by atoms with Crippen molar-refractivity contribution in [2.24, 2.45) is 5.73 Å². The third kappa shape index (κ3) is 4.22. The summed E-state index contributed by atoms with van der Waals surface area (Å²) in [5.41, 5.74) is 12.8. The van der Waals surface area contributed by atoms with Crippen LogP contribution in [0, 0.1) is 0 Å². The summed E-state index contributed by atoms with van der Waals surface area (Å²) >= 11 is 3.29. The lowest BCUT2D eigenvalue weighted by molar-refractivity contribution is 0.102. The lowest BCUT2D eigenvalue weighted by atomic mass is 10.2. The first-order valence-corrected chi connectivity index (χ1v) is 6.77. The van der Waals surface area contributed by atoms with Gasteiger partial charge in [0, 0.05) is 27.1 Å². The highest BCUT2D eigenvalue weighted by molar-refractivity contribution is 9.10. The molecule has 0 aliphatic rings. The van der Waals surface area contributed by atoms with Crippen molar-refractivity contribution in [2.75, 3.05) is 16.4 Å². The molecular weight excluding hydrogens is 336 g/mol. The maximum atomic E-state index is 12.1. The van der Waals surface area contributed by atoms with Crippen LogP contribution in [0.15, 0.2) is 46.9 Å². The van der Waals surface area contributed by atoms with Crippen LogP contribution in [0.2, 0.25) is 0 Å². The van der Waals surface area contributed by atoms with Crippen LogP contribution in [-0.4, -0.2) is 11.9 Å². The Bertz CT molecular complexity index is 666. The Labute approximate surface area is 129 Å². The van der Waals surface area contributed by atoms with Crippen LogP contribution >= 0.6 is 15.9 Å². The summed E-state index contributed by atoms with van der Waals surface area (Å²) in [5.74, 6) is -0.279. The van der Waals surface area contributed by atoms with Gasteiger partial charge >= 0.3 is 6.03 Å². The molecule has 0 fully saturated rings. The van der Waals surface area contributed by atoms with Gasteiger partial charge in [-0.1, -0.05) is 15.9 Å². The molecule has 6 nitrogen and oxygen atoms in total. The fourth-order valence-electron chi connectivity index (χ4n) is 1.73. The number of hydrogen-bond acceptors (Lipinski definition) is 3. The molecular formula is C14H13BrN4O2. The molecule has 7 heteroatoms. The van der Waals surface area contributed by atoms with E-state index in [-0.39, 0.29) is 5.91 Å². The Morgan fingerprint density at radius 1 is 0.952 bits per heavy atom. The van der Waals surface area contributed by atoms with Gasteiger partial charge in [-0.05, 0) is 42.5 Å². The van der Waals surface area contributed by atoms with E-state index in [1.807, 2.05) is 0 Å². The number of benzene rings is 2. The Kier molecular flexibility index (Phi) is 4.44. The lowest BCUT2D eigenvalue weighted by Gasteiger charge is -2.08. The van der Waals surface area contributed by atoms with E-state index in [1.165, 1.54) is 0 Å². The van der Waals surface area contributed by atoms with Gasteiger partial charge in [-0.15, -0.1) is 0 Å². The van der Waals surface area contributed by atoms with Crippen LogP contribution in [-0.2, 0) is 0 Å². The second kappa shape index (κ2) is 6.27. The predicted octanol–water partition coefficient (Wildman–Crippen LogP) is 2.77. The molecule has 0 saturated heterocycles. The first-order chi connectivity index (χ1) is 9.94. The van der Waals surface area contributed by atoms with Crippen LogP contribution in [0.5, 0.6) is 0 Å². The number of rotatable bonds is 3. The third-order valence-corrected chi connectivity index (χ3v) is 3.05. The number of halogens is 1. The highest BCUT2D eigenvalue weighted by atomic mass is 79.9. The van der Waals surface area contributed by atoms with Crippen molar-refractivity contribution in [1.82, 2.24) is 0 Å². The number of amides is 3. The smallest absolute Gasteiger partial charge is 0.316 e. The number of nitrogen functional groups attached to an aromatic ring is 1. The minimum absolute atomic E-state index is 0.279. The van der Waals surface area contributed by atoms with Crippen LogP contribution < -0.4 is 22.1 Å². The van der Waals surface area contributed by atoms with E-state index in [0.29, 0.717) is 22.6 Å². The molecule has 0 aliphatic carbocycles. The molecule has 0 bridgehead atoms. The molecule has 21 heavy (non-hydrogen) atoms. The van der Waals surface area contributed by atoms with Gasteiger partial charge in [-0.2, -0.15) is 0 Å². The molecule has 0 saturated carbocycles. The standard InChI is InChI=1S/C14H13BrN4O2/c15-9-5-8(6-10(16)7-9)13(20)18-11-1-3-12(4-2-11)19-14(17)21/h1-7H,16H2,(H,18,20)(H3,17,19,21). The molecule has 0 atom stereocenters. The summed E-state index contributed by atoms with van der Waals surface area (Å²) < 4.78 is 0.730. The molecule has 2 rings (SSSR count). The van der Waals surface area contributed by atoms with Crippen molar-refractivity contribution in [3.8, 4) is 0 Å². The number of urea groups is 1. The minimum Gasteiger partial charge on any atom is -0.399 e. The van der Waals surface area contributed by atoms with Crippen LogP contribution in [0.4, 0.5) is 21.9 Å². The van der Waals surface area contributed by atoms with E-state index >= 15 is 0 Å². The topological polar surface area (TPSA) is 110 Å². The average molecular weight is 349 g/mol. The second-order valence-electron chi connectivity index (χ2n) is 4.29. The van der Waals surface area contributed by atoms with E-state index in [1.54, 1.807) is 42.5 Å². The van der Waals surface area contributed by atoms with E-state index in [9.17, 15) is 9.59 Å². The number of anilines is 3. The third-order valence-electron chi connectivity index (χ3n) is 2.59. The summed E-state index contributed by atoms with van der Waals surface area (Å²) in [6.07, 6.45) is 0. The van der Waals surface area contributed by atoms with E-state index in [4.69, 9.17) is 11.5 Å².